The zero-order valence-corrected chi connectivity index (χ0v) is 28.8. The van der Waals surface area contributed by atoms with Gasteiger partial charge in [-0.05, 0) is 79.8 Å². The third-order valence-electron chi connectivity index (χ3n) is 9.03. The number of amides is 3. The number of carbonyl (C=O) groups is 3. The molecule has 0 spiro atoms. The molecule has 0 fully saturated rings. The SMILES string of the molecule is CCCCN(CCCC)C(=O)c1cc(C)n(-c2ccc(NC(=O)c3cc(F)ccc3C(F)(F)F)cc2C(=O)N2Cc3ccccc3CC2CO)n1. The van der Waals surface area contributed by atoms with Gasteiger partial charge in [-0.15, -0.1) is 0 Å². The average Bonchev–Trinajstić information content (AvgIpc) is 3.50. The number of alkyl halides is 3. The van der Waals surface area contributed by atoms with E-state index in [1.165, 1.54) is 27.8 Å². The Morgan fingerprint density at radius 2 is 1.63 bits per heavy atom. The van der Waals surface area contributed by atoms with Crippen LogP contribution < -0.4 is 5.32 Å². The van der Waals surface area contributed by atoms with Crippen molar-refractivity contribution in [2.45, 2.75) is 71.6 Å². The molecule has 51 heavy (non-hydrogen) atoms. The second-order valence-electron chi connectivity index (χ2n) is 12.7. The Bertz CT molecular complexity index is 1900. The molecule has 2 heterocycles. The molecule has 1 unspecified atom stereocenters. The molecule has 1 aliphatic heterocycles. The smallest absolute Gasteiger partial charge is 0.394 e. The topological polar surface area (TPSA) is 108 Å². The number of hydrogen-bond acceptors (Lipinski definition) is 5. The number of nitrogens with zero attached hydrogens (tertiary/aromatic N) is 4. The maximum atomic E-state index is 14.5. The van der Waals surface area contributed by atoms with Crippen molar-refractivity contribution in [3.05, 3.63) is 112 Å². The first-order chi connectivity index (χ1) is 24.4. The fourth-order valence-corrected chi connectivity index (χ4v) is 6.26. The number of rotatable bonds is 12. The van der Waals surface area contributed by atoms with Crippen LogP contribution in [-0.2, 0) is 19.1 Å². The predicted octanol–water partition coefficient (Wildman–Crippen LogP) is 7.19. The van der Waals surface area contributed by atoms with Crippen molar-refractivity contribution in [3.8, 4) is 5.69 Å². The van der Waals surface area contributed by atoms with Crippen LogP contribution in [0.15, 0.2) is 66.7 Å². The van der Waals surface area contributed by atoms with Crippen LogP contribution in [0.5, 0.6) is 0 Å². The molecule has 0 radical (unpaired) electrons. The van der Waals surface area contributed by atoms with E-state index in [-0.39, 0.29) is 41.7 Å². The quantitative estimate of drug-likeness (QED) is 0.152. The summed E-state index contributed by atoms with van der Waals surface area (Å²) >= 11 is 0. The summed E-state index contributed by atoms with van der Waals surface area (Å²) in [7, 11) is 0. The minimum atomic E-state index is -4.93. The summed E-state index contributed by atoms with van der Waals surface area (Å²) in [5.74, 6) is -3.04. The van der Waals surface area contributed by atoms with Gasteiger partial charge < -0.3 is 20.2 Å². The van der Waals surface area contributed by atoms with E-state index in [1.54, 1.807) is 17.9 Å². The minimum absolute atomic E-state index is 0.0138. The molecule has 1 atom stereocenters. The van der Waals surface area contributed by atoms with Gasteiger partial charge >= 0.3 is 6.18 Å². The highest BCUT2D eigenvalue weighted by Gasteiger charge is 2.36. The van der Waals surface area contributed by atoms with Crippen molar-refractivity contribution < 1.29 is 37.1 Å². The fraction of sp³-hybridized carbons (Fsp3) is 0.368. The Morgan fingerprint density at radius 3 is 2.27 bits per heavy atom. The van der Waals surface area contributed by atoms with E-state index in [0.717, 1.165) is 36.8 Å². The standard InChI is InChI=1S/C38H41F4N5O4/c1-4-6-16-45(17-7-5-2)37(51)33-18-24(3)47(44-33)34-15-13-28(43-35(49)30-20-27(39)12-14-32(30)38(40,41)42)21-31(34)36(50)46-22-26-11-9-8-10-25(26)19-29(46)23-48/h8-15,18,20-21,29,48H,4-7,16-17,19,22-23H2,1-3H3,(H,43,49). The van der Waals surface area contributed by atoms with E-state index >= 15 is 0 Å². The summed E-state index contributed by atoms with van der Waals surface area (Å²) in [6.45, 7) is 6.78. The van der Waals surface area contributed by atoms with Gasteiger partial charge in [0, 0.05) is 31.0 Å². The predicted molar refractivity (Wildman–Crippen MR) is 184 cm³/mol. The van der Waals surface area contributed by atoms with Crippen molar-refractivity contribution >= 4 is 23.4 Å². The maximum Gasteiger partial charge on any atom is 0.417 e. The van der Waals surface area contributed by atoms with Crippen LogP contribution in [-0.4, -0.2) is 68.1 Å². The van der Waals surface area contributed by atoms with Crippen LogP contribution >= 0.6 is 0 Å². The number of aromatic nitrogens is 2. The van der Waals surface area contributed by atoms with Crippen LogP contribution in [0.4, 0.5) is 23.2 Å². The van der Waals surface area contributed by atoms with Crippen molar-refractivity contribution in [1.29, 1.82) is 0 Å². The van der Waals surface area contributed by atoms with E-state index in [1.807, 2.05) is 38.1 Å². The summed E-state index contributed by atoms with van der Waals surface area (Å²) in [5, 5.41) is 17.3. The molecule has 0 aliphatic carbocycles. The zero-order valence-electron chi connectivity index (χ0n) is 28.8. The minimum Gasteiger partial charge on any atom is -0.394 e. The van der Waals surface area contributed by atoms with Gasteiger partial charge in [0.15, 0.2) is 5.69 Å². The lowest BCUT2D eigenvalue weighted by Gasteiger charge is -2.36. The van der Waals surface area contributed by atoms with Crippen LogP contribution in [0.1, 0.15) is 93.1 Å². The Morgan fingerprint density at radius 1 is 0.941 bits per heavy atom. The van der Waals surface area contributed by atoms with Gasteiger partial charge in [-0.1, -0.05) is 51.0 Å². The average molecular weight is 708 g/mol. The van der Waals surface area contributed by atoms with Gasteiger partial charge in [0.1, 0.15) is 5.82 Å². The number of benzene rings is 3. The van der Waals surface area contributed by atoms with E-state index < -0.39 is 41.0 Å². The Kier molecular flexibility index (Phi) is 11.6. The number of carbonyl (C=O) groups excluding carboxylic acids is 3. The van der Waals surface area contributed by atoms with Gasteiger partial charge in [0.2, 0.25) is 0 Å². The molecular formula is C38H41F4N5O4. The number of fused-ring (bicyclic) bond motifs is 1. The molecule has 3 amide bonds. The fourth-order valence-electron chi connectivity index (χ4n) is 6.26. The van der Waals surface area contributed by atoms with E-state index in [2.05, 4.69) is 10.4 Å². The second-order valence-corrected chi connectivity index (χ2v) is 12.7. The summed E-state index contributed by atoms with van der Waals surface area (Å²) in [4.78, 5) is 44.6. The molecule has 13 heteroatoms. The first-order valence-corrected chi connectivity index (χ1v) is 17.0. The van der Waals surface area contributed by atoms with Crippen molar-refractivity contribution in [2.24, 2.45) is 0 Å². The Hall–Kier alpha value is -5.04. The monoisotopic (exact) mass is 707 g/mol. The maximum absolute atomic E-state index is 14.5. The van der Waals surface area contributed by atoms with Crippen LogP contribution in [0.3, 0.4) is 0 Å². The number of aliphatic hydroxyl groups excluding tert-OH is 1. The summed E-state index contributed by atoms with van der Waals surface area (Å²) in [5.41, 5.74) is 0.578. The lowest BCUT2D eigenvalue weighted by Crippen LogP contribution is -2.46. The van der Waals surface area contributed by atoms with Gasteiger partial charge in [-0.3, -0.25) is 14.4 Å². The number of halogens is 4. The second kappa shape index (κ2) is 15.9. The van der Waals surface area contributed by atoms with E-state index in [4.69, 9.17) is 0 Å². The molecule has 4 aromatic rings. The first kappa shape index (κ1) is 37.2. The highest BCUT2D eigenvalue weighted by molar-refractivity contribution is 6.07. The highest BCUT2D eigenvalue weighted by atomic mass is 19.4. The van der Waals surface area contributed by atoms with E-state index in [9.17, 15) is 37.1 Å². The molecule has 0 saturated heterocycles. The molecule has 270 valence electrons. The molecule has 0 saturated carbocycles. The van der Waals surface area contributed by atoms with Crippen molar-refractivity contribution in [2.75, 3.05) is 25.0 Å². The van der Waals surface area contributed by atoms with Gasteiger partial charge in [0.05, 0.1) is 35.0 Å². The largest absolute Gasteiger partial charge is 0.417 e. The lowest BCUT2D eigenvalue weighted by atomic mass is 9.93. The highest BCUT2D eigenvalue weighted by Crippen LogP contribution is 2.34. The molecule has 1 aliphatic rings. The number of aryl methyl sites for hydroxylation is 1. The Labute approximate surface area is 293 Å². The van der Waals surface area contributed by atoms with Gasteiger partial charge in [-0.2, -0.15) is 18.3 Å². The summed E-state index contributed by atoms with van der Waals surface area (Å²) in [6.07, 6.45) is -1.08. The number of unbranched alkanes of at least 4 members (excludes halogenated alkanes) is 2. The Balaban J connectivity index is 1.57. The van der Waals surface area contributed by atoms with Gasteiger partial charge in [0.25, 0.3) is 17.7 Å². The van der Waals surface area contributed by atoms with Gasteiger partial charge in [-0.25, -0.2) is 9.07 Å². The van der Waals surface area contributed by atoms with Crippen LogP contribution in [0.2, 0.25) is 0 Å². The number of hydrogen-bond donors (Lipinski definition) is 2. The number of nitrogens with one attached hydrogen (secondary N) is 1. The van der Waals surface area contributed by atoms with Crippen molar-refractivity contribution in [3.63, 3.8) is 0 Å². The van der Waals surface area contributed by atoms with Crippen LogP contribution in [0.25, 0.3) is 5.69 Å². The zero-order chi connectivity index (χ0) is 36.9. The molecule has 9 nitrogen and oxygen atoms in total. The molecular weight excluding hydrogens is 666 g/mol. The first-order valence-electron chi connectivity index (χ1n) is 17.0. The van der Waals surface area contributed by atoms with Crippen LogP contribution in [0, 0.1) is 12.7 Å². The summed E-state index contributed by atoms with van der Waals surface area (Å²) in [6, 6.07) is 14.4. The third kappa shape index (κ3) is 8.30. The van der Waals surface area contributed by atoms with Crippen molar-refractivity contribution in [1.82, 2.24) is 19.6 Å². The lowest BCUT2D eigenvalue weighted by molar-refractivity contribution is -0.137. The molecule has 5 rings (SSSR count). The normalized spacial score (nSPS) is 14.3. The third-order valence-corrected chi connectivity index (χ3v) is 9.03. The van der Waals surface area contributed by atoms with E-state index in [0.29, 0.717) is 43.4 Å². The molecule has 3 aromatic carbocycles. The number of anilines is 1. The number of aliphatic hydroxyl groups is 1. The molecule has 2 N–H and O–H groups in total. The molecule has 1 aromatic heterocycles. The molecule has 0 bridgehead atoms. The summed E-state index contributed by atoms with van der Waals surface area (Å²) < 4.78 is 56.7.